The zero-order chi connectivity index (χ0) is 8.81. The van der Waals surface area contributed by atoms with Gasteiger partial charge in [0.05, 0.1) is 12.6 Å². The van der Waals surface area contributed by atoms with Crippen LogP contribution in [0.15, 0.2) is 0 Å². The monoisotopic (exact) mass is 166 g/mol. The summed E-state index contributed by atoms with van der Waals surface area (Å²) in [6.45, 7) is 5.03. The third kappa shape index (κ3) is 2.83. The Kier molecular flexibility index (Phi) is 4.10. The molecule has 0 saturated heterocycles. The summed E-state index contributed by atoms with van der Waals surface area (Å²) in [6, 6.07) is 2.23. The second kappa shape index (κ2) is 5.16. The Hall–Kier alpha value is -0.550. The average Bonchev–Trinajstić information content (AvgIpc) is 1.97. The van der Waals surface area contributed by atoms with Crippen LogP contribution >= 0.6 is 0 Å². The molecule has 0 spiro atoms. The van der Waals surface area contributed by atoms with Gasteiger partial charge in [-0.2, -0.15) is 5.26 Å². The maximum Gasteiger partial charge on any atom is 0.0866 e. The normalized spacial score (nSPS) is 17.4. The summed E-state index contributed by atoms with van der Waals surface area (Å²) in [5.74, 6) is 0.893. The largest absolute Gasteiger partial charge is 0.290 e. The van der Waals surface area contributed by atoms with E-state index in [0.717, 1.165) is 25.4 Å². The molecule has 0 bridgehead atoms. The highest BCUT2D eigenvalue weighted by molar-refractivity contribution is 4.80. The van der Waals surface area contributed by atoms with Crippen LogP contribution < -0.4 is 0 Å². The van der Waals surface area contributed by atoms with Gasteiger partial charge in [-0.05, 0) is 31.7 Å². The van der Waals surface area contributed by atoms with Crippen molar-refractivity contribution in [2.45, 2.75) is 32.6 Å². The first-order chi connectivity index (χ1) is 5.86. The highest BCUT2D eigenvalue weighted by atomic mass is 15.1. The maximum atomic E-state index is 8.58. The van der Waals surface area contributed by atoms with E-state index in [-0.39, 0.29) is 0 Å². The maximum absolute atomic E-state index is 8.58. The molecule has 2 heteroatoms. The average molecular weight is 166 g/mol. The third-order valence-electron chi connectivity index (χ3n) is 2.58. The van der Waals surface area contributed by atoms with Gasteiger partial charge in [-0.1, -0.05) is 13.3 Å². The predicted molar refractivity (Wildman–Crippen MR) is 49.7 cm³/mol. The minimum atomic E-state index is 0.615. The second-order valence-electron chi connectivity index (χ2n) is 3.69. The third-order valence-corrected chi connectivity index (χ3v) is 2.58. The molecule has 0 amide bonds. The van der Waals surface area contributed by atoms with Gasteiger partial charge in [-0.3, -0.25) is 4.90 Å². The molecule has 1 aliphatic rings. The molecule has 2 nitrogen and oxygen atoms in total. The van der Waals surface area contributed by atoms with Gasteiger partial charge >= 0.3 is 0 Å². The molecule has 1 aliphatic carbocycles. The lowest BCUT2D eigenvalue weighted by atomic mass is 9.85. The summed E-state index contributed by atoms with van der Waals surface area (Å²) < 4.78 is 0. The SMILES string of the molecule is CCCN(CC#N)CC1CCC1. The fourth-order valence-electron chi connectivity index (χ4n) is 1.69. The van der Waals surface area contributed by atoms with Crippen molar-refractivity contribution >= 4 is 0 Å². The zero-order valence-corrected chi connectivity index (χ0v) is 7.92. The second-order valence-corrected chi connectivity index (χ2v) is 3.69. The fourth-order valence-corrected chi connectivity index (χ4v) is 1.69. The standard InChI is InChI=1S/C10H18N2/c1-2-7-12(8-6-11)9-10-4-3-5-10/h10H,2-5,7-9H2,1H3. The van der Waals surface area contributed by atoms with Gasteiger partial charge in [-0.15, -0.1) is 0 Å². The van der Waals surface area contributed by atoms with E-state index in [4.69, 9.17) is 5.26 Å². The van der Waals surface area contributed by atoms with Crippen molar-refractivity contribution in [1.82, 2.24) is 4.90 Å². The van der Waals surface area contributed by atoms with Gasteiger partial charge in [0.2, 0.25) is 0 Å². The molecule has 1 fully saturated rings. The van der Waals surface area contributed by atoms with Gasteiger partial charge in [0, 0.05) is 6.54 Å². The molecule has 0 aromatic heterocycles. The van der Waals surface area contributed by atoms with E-state index < -0.39 is 0 Å². The molecule has 0 atom stereocenters. The van der Waals surface area contributed by atoms with Crippen LogP contribution in [-0.4, -0.2) is 24.5 Å². The van der Waals surface area contributed by atoms with Crippen molar-refractivity contribution in [3.63, 3.8) is 0 Å². The predicted octanol–water partition coefficient (Wildman–Crippen LogP) is 2.02. The van der Waals surface area contributed by atoms with Crippen molar-refractivity contribution in [1.29, 1.82) is 5.26 Å². The van der Waals surface area contributed by atoms with Gasteiger partial charge < -0.3 is 0 Å². The Morgan fingerprint density at radius 3 is 2.67 bits per heavy atom. The minimum absolute atomic E-state index is 0.615. The quantitative estimate of drug-likeness (QED) is 0.584. The van der Waals surface area contributed by atoms with E-state index in [1.165, 1.54) is 19.3 Å². The molecule has 68 valence electrons. The van der Waals surface area contributed by atoms with Crippen LogP contribution in [0.1, 0.15) is 32.6 Å². The Labute approximate surface area is 75.2 Å². The van der Waals surface area contributed by atoms with Crippen molar-refractivity contribution in [3.8, 4) is 6.07 Å². The molecule has 1 saturated carbocycles. The van der Waals surface area contributed by atoms with Gasteiger partial charge in [0.15, 0.2) is 0 Å². The number of hydrogen-bond acceptors (Lipinski definition) is 2. The van der Waals surface area contributed by atoms with Gasteiger partial charge in [-0.25, -0.2) is 0 Å². The summed E-state index contributed by atoms with van der Waals surface area (Å²) in [7, 11) is 0. The van der Waals surface area contributed by atoms with Crippen LogP contribution in [0.2, 0.25) is 0 Å². The van der Waals surface area contributed by atoms with Crippen molar-refractivity contribution in [2.75, 3.05) is 19.6 Å². The summed E-state index contributed by atoms with van der Waals surface area (Å²) >= 11 is 0. The molecule has 0 aromatic rings. The van der Waals surface area contributed by atoms with Crippen molar-refractivity contribution in [2.24, 2.45) is 5.92 Å². The molecule has 0 heterocycles. The molecular weight excluding hydrogens is 148 g/mol. The topological polar surface area (TPSA) is 27.0 Å². The lowest BCUT2D eigenvalue weighted by Crippen LogP contribution is -2.33. The van der Waals surface area contributed by atoms with Crippen molar-refractivity contribution < 1.29 is 0 Å². The lowest BCUT2D eigenvalue weighted by molar-refractivity contribution is 0.192. The van der Waals surface area contributed by atoms with E-state index in [2.05, 4.69) is 17.9 Å². The van der Waals surface area contributed by atoms with Crippen LogP contribution in [0.4, 0.5) is 0 Å². The van der Waals surface area contributed by atoms with Crippen LogP contribution in [0.5, 0.6) is 0 Å². The van der Waals surface area contributed by atoms with E-state index in [9.17, 15) is 0 Å². The van der Waals surface area contributed by atoms with Crippen LogP contribution in [-0.2, 0) is 0 Å². The Bertz CT molecular complexity index is 156. The number of nitrogens with zero attached hydrogens (tertiary/aromatic N) is 2. The van der Waals surface area contributed by atoms with Crippen LogP contribution in [0, 0.1) is 17.2 Å². The molecule has 0 aliphatic heterocycles. The van der Waals surface area contributed by atoms with Gasteiger partial charge in [0.1, 0.15) is 0 Å². The number of rotatable bonds is 5. The minimum Gasteiger partial charge on any atom is -0.290 e. The smallest absolute Gasteiger partial charge is 0.0866 e. The van der Waals surface area contributed by atoms with Gasteiger partial charge in [0.25, 0.3) is 0 Å². The van der Waals surface area contributed by atoms with E-state index >= 15 is 0 Å². The molecule has 0 radical (unpaired) electrons. The van der Waals surface area contributed by atoms with E-state index in [0.29, 0.717) is 6.54 Å². The summed E-state index contributed by atoms with van der Waals surface area (Å²) in [6.07, 6.45) is 5.32. The molecular formula is C10H18N2. The molecule has 12 heavy (non-hydrogen) atoms. The number of nitriles is 1. The first kappa shape index (κ1) is 9.54. The fraction of sp³-hybridized carbons (Fsp3) is 0.900. The summed E-state index contributed by atoms with van der Waals surface area (Å²) in [5.41, 5.74) is 0. The highest BCUT2D eigenvalue weighted by Crippen LogP contribution is 2.26. The summed E-state index contributed by atoms with van der Waals surface area (Å²) in [4.78, 5) is 2.28. The lowest BCUT2D eigenvalue weighted by Gasteiger charge is -2.30. The molecule has 0 aromatic carbocycles. The Balaban J connectivity index is 2.17. The molecule has 0 N–H and O–H groups in total. The Morgan fingerprint density at radius 2 is 2.25 bits per heavy atom. The zero-order valence-electron chi connectivity index (χ0n) is 7.92. The Morgan fingerprint density at radius 1 is 1.50 bits per heavy atom. The summed E-state index contributed by atoms with van der Waals surface area (Å²) in [5, 5.41) is 8.58. The van der Waals surface area contributed by atoms with Crippen LogP contribution in [0.25, 0.3) is 0 Å². The highest BCUT2D eigenvalue weighted by Gasteiger charge is 2.19. The molecule has 1 rings (SSSR count). The van der Waals surface area contributed by atoms with Crippen molar-refractivity contribution in [3.05, 3.63) is 0 Å². The van der Waals surface area contributed by atoms with E-state index in [1.807, 2.05) is 0 Å². The first-order valence-electron chi connectivity index (χ1n) is 4.96. The number of hydrogen-bond donors (Lipinski definition) is 0. The van der Waals surface area contributed by atoms with E-state index in [1.54, 1.807) is 0 Å². The van der Waals surface area contributed by atoms with Crippen LogP contribution in [0.3, 0.4) is 0 Å². The first-order valence-corrected chi connectivity index (χ1v) is 4.96. The molecule has 0 unspecified atom stereocenters.